The molecule has 7 nitrogen and oxygen atoms in total. The molecule has 0 radical (unpaired) electrons. The number of hydrogen-bond donors (Lipinski definition) is 0. The molecule has 0 saturated heterocycles. The molecule has 0 aliphatic carbocycles. The predicted molar refractivity (Wildman–Crippen MR) is 72.0 cm³/mol. The quantitative estimate of drug-likeness (QED) is 0.623. The first-order chi connectivity index (χ1) is 9.50. The molecule has 20 heavy (non-hydrogen) atoms. The first kappa shape index (κ1) is 13.8. The van der Waals surface area contributed by atoms with E-state index in [1.54, 1.807) is 36.4 Å². The molecule has 2 rings (SSSR count). The van der Waals surface area contributed by atoms with Gasteiger partial charge in [0.2, 0.25) is 0 Å². The van der Waals surface area contributed by atoms with Crippen molar-refractivity contribution in [2.45, 2.75) is 0 Å². The van der Waals surface area contributed by atoms with Gasteiger partial charge in [0.15, 0.2) is 0 Å². The maximum Gasteiger partial charge on any atom is 0.400 e. The Morgan fingerprint density at radius 3 is 1.65 bits per heavy atom. The lowest BCUT2D eigenvalue weighted by Gasteiger charge is -2.22. The molecule has 0 N–H and O–H groups in total. The van der Waals surface area contributed by atoms with E-state index in [4.69, 9.17) is 0 Å². The van der Waals surface area contributed by atoms with Crippen LogP contribution in [-0.2, 0) is 14.6 Å². The predicted octanol–water partition coefficient (Wildman–Crippen LogP) is 2.28. The minimum atomic E-state index is -4.59. The average Bonchev–Trinajstić information content (AvgIpc) is 2.39. The van der Waals surface area contributed by atoms with Crippen LogP contribution in [0.3, 0.4) is 0 Å². The monoisotopic (exact) mass is 294 g/mol. The minimum Gasteiger partial charge on any atom is -0.217 e. The molecule has 8 heteroatoms. The van der Waals surface area contributed by atoms with E-state index >= 15 is 0 Å². The van der Waals surface area contributed by atoms with Gasteiger partial charge in [-0.05, 0) is 24.3 Å². The third-order valence-electron chi connectivity index (χ3n) is 2.36. The van der Waals surface area contributed by atoms with Gasteiger partial charge in [-0.2, -0.15) is 12.7 Å². The van der Waals surface area contributed by atoms with Crippen molar-refractivity contribution in [2.24, 2.45) is 0 Å². The molecule has 0 unspecified atom stereocenters. The molecule has 0 spiro atoms. The summed E-state index contributed by atoms with van der Waals surface area (Å²) in [6.45, 7) is 0. The van der Waals surface area contributed by atoms with E-state index in [0.717, 1.165) is 4.31 Å². The van der Waals surface area contributed by atoms with Crippen LogP contribution in [0.25, 0.3) is 0 Å². The van der Waals surface area contributed by atoms with E-state index in [1.807, 2.05) is 0 Å². The van der Waals surface area contributed by atoms with E-state index in [9.17, 15) is 18.5 Å². The fourth-order valence-electron chi connectivity index (χ4n) is 1.64. The minimum absolute atomic E-state index is 0.237. The van der Waals surface area contributed by atoms with Gasteiger partial charge in [0.25, 0.3) is 0 Å². The standard InChI is InChI=1S/C12H10N2O5S/c15-14(16)19-20(17,18)13(11-7-3-1-4-8-11)12-9-5-2-6-10-12/h1-10H. The first-order valence-electron chi connectivity index (χ1n) is 5.50. The highest BCUT2D eigenvalue weighted by atomic mass is 32.2. The Balaban J connectivity index is 2.54. The van der Waals surface area contributed by atoms with Gasteiger partial charge in [0.1, 0.15) is 0 Å². The van der Waals surface area contributed by atoms with Crippen molar-refractivity contribution in [3.05, 3.63) is 70.8 Å². The number of rotatable bonds is 5. The van der Waals surface area contributed by atoms with Crippen molar-refractivity contribution in [1.82, 2.24) is 0 Å². The normalized spacial score (nSPS) is 10.8. The van der Waals surface area contributed by atoms with Gasteiger partial charge < -0.3 is 0 Å². The van der Waals surface area contributed by atoms with Gasteiger partial charge in [-0.3, -0.25) is 0 Å². The topological polar surface area (TPSA) is 89.7 Å². The molecular formula is C12H10N2O5S. The molecule has 2 aromatic rings. The molecule has 104 valence electrons. The lowest BCUT2D eigenvalue weighted by atomic mass is 10.3. The van der Waals surface area contributed by atoms with Crippen molar-refractivity contribution in [3.63, 3.8) is 0 Å². The van der Waals surface area contributed by atoms with Crippen LogP contribution in [0, 0.1) is 10.1 Å². The van der Waals surface area contributed by atoms with Gasteiger partial charge >= 0.3 is 15.4 Å². The maximum absolute atomic E-state index is 12.0. The molecule has 0 saturated carbocycles. The van der Waals surface area contributed by atoms with E-state index < -0.39 is 15.4 Å². The fourth-order valence-corrected chi connectivity index (χ4v) is 2.62. The second-order valence-electron chi connectivity index (χ2n) is 3.69. The van der Waals surface area contributed by atoms with Gasteiger partial charge in [-0.25, -0.2) is 4.31 Å². The Bertz CT molecular complexity index is 649. The Morgan fingerprint density at radius 2 is 1.30 bits per heavy atom. The molecule has 0 aromatic heterocycles. The highest BCUT2D eigenvalue weighted by molar-refractivity contribution is 7.88. The van der Waals surface area contributed by atoms with Crippen LogP contribution >= 0.6 is 0 Å². The van der Waals surface area contributed by atoms with Crippen LogP contribution in [0.1, 0.15) is 0 Å². The molecule has 0 heterocycles. The highest BCUT2D eigenvalue weighted by Gasteiger charge is 2.28. The van der Waals surface area contributed by atoms with E-state index in [1.165, 1.54) is 24.3 Å². The number of nitrogens with zero attached hydrogens (tertiary/aromatic N) is 2. The molecule has 0 aliphatic rings. The Morgan fingerprint density at radius 1 is 0.900 bits per heavy atom. The number of hydrogen-bond acceptors (Lipinski definition) is 5. The van der Waals surface area contributed by atoms with E-state index in [2.05, 4.69) is 4.28 Å². The molecule has 0 amide bonds. The zero-order valence-corrected chi connectivity index (χ0v) is 10.9. The van der Waals surface area contributed by atoms with E-state index in [0.29, 0.717) is 0 Å². The largest absolute Gasteiger partial charge is 0.400 e. The van der Waals surface area contributed by atoms with Crippen molar-refractivity contribution in [2.75, 3.05) is 4.31 Å². The third kappa shape index (κ3) is 3.04. The van der Waals surface area contributed by atoms with Gasteiger partial charge in [-0.15, -0.1) is 10.1 Å². The number of anilines is 2. The summed E-state index contributed by atoms with van der Waals surface area (Å²) in [6, 6.07) is 15.9. The summed E-state index contributed by atoms with van der Waals surface area (Å²) >= 11 is 0. The van der Waals surface area contributed by atoms with Gasteiger partial charge in [0, 0.05) is 0 Å². The summed E-state index contributed by atoms with van der Waals surface area (Å²) in [6.07, 6.45) is 0. The first-order valence-corrected chi connectivity index (χ1v) is 6.86. The zero-order valence-electron chi connectivity index (χ0n) is 10.1. The van der Waals surface area contributed by atoms with Crippen LogP contribution in [-0.4, -0.2) is 13.5 Å². The van der Waals surface area contributed by atoms with Gasteiger partial charge in [0.05, 0.1) is 11.4 Å². The highest BCUT2D eigenvalue weighted by Crippen LogP contribution is 2.28. The zero-order chi connectivity index (χ0) is 14.6. The summed E-state index contributed by atoms with van der Waals surface area (Å²) in [4.78, 5) is 10.4. The Labute approximate surface area is 115 Å². The lowest BCUT2D eigenvalue weighted by Crippen LogP contribution is -2.29. The van der Waals surface area contributed by atoms with Crippen LogP contribution in [0.15, 0.2) is 60.7 Å². The molecule has 2 aromatic carbocycles. The lowest BCUT2D eigenvalue weighted by molar-refractivity contribution is -0.711. The number of para-hydroxylation sites is 2. The van der Waals surface area contributed by atoms with Crippen molar-refractivity contribution >= 4 is 21.7 Å². The Hall–Kier alpha value is -2.61. The molecule has 0 fully saturated rings. The second kappa shape index (κ2) is 5.57. The molecular weight excluding hydrogens is 284 g/mol. The van der Waals surface area contributed by atoms with Crippen molar-refractivity contribution < 1.29 is 17.8 Å². The average molecular weight is 294 g/mol. The third-order valence-corrected chi connectivity index (χ3v) is 3.54. The SMILES string of the molecule is O=[N+]([O-])OS(=O)(=O)N(c1ccccc1)c1ccccc1. The molecule has 0 bridgehead atoms. The van der Waals surface area contributed by atoms with Crippen LogP contribution < -0.4 is 4.31 Å². The summed E-state index contributed by atoms with van der Waals surface area (Å²) in [5, 5.41) is 9.01. The Kier molecular flexibility index (Phi) is 3.85. The van der Waals surface area contributed by atoms with Crippen molar-refractivity contribution in [3.8, 4) is 0 Å². The van der Waals surface area contributed by atoms with Crippen molar-refractivity contribution in [1.29, 1.82) is 0 Å². The smallest absolute Gasteiger partial charge is 0.217 e. The van der Waals surface area contributed by atoms with Crippen LogP contribution in [0.5, 0.6) is 0 Å². The van der Waals surface area contributed by atoms with Crippen LogP contribution in [0.2, 0.25) is 0 Å². The summed E-state index contributed by atoms with van der Waals surface area (Å²) in [5.41, 5.74) is 0.473. The summed E-state index contributed by atoms with van der Waals surface area (Å²) in [7, 11) is -4.59. The molecule has 0 aliphatic heterocycles. The summed E-state index contributed by atoms with van der Waals surface area (Å²) in [5.74, 6) is 0. The van der Waals surface area contributed by atoms with Crippen LogP contribution in [0.4, 0.5) is 11.4 Å². The van der Waals surface area contributed by atoms with Gasteiger partial charge in [-0.1, -0.05) is 36.4 Å². The summed E-state index contributed by atoms with van der Waals surface area (Å²) < 4.78 is 28.6. The molecule has 0 atom stereocenters. The fraction of sp³-hybridized carbons (Fsp3) is 0. The van der Waals surface area contributed by atoms with E-state index in [-0.39, 0.29) is 11.4 Å². The second-order valence-corrected chi connectivity index (χ2v) is 5.06. The number of benzene rings is 2. The maximum atomic E-state index is 12.0.